The Hall–Kier alpha value is -2.90. The van der Waals surface area contributed by atoms with Crippen molar-refractivity contribution < 1.29 is 9.47 Å². The van der Waals surface area contributed by atoms with Crippen LogP contribution in [0.3, 0.4) is 0 Å². The Labute approximate surface area is 182 Å². The summed E-state index contributed by atoms with van der Waals surface area (Å²) in [6, 6.07) is 12.8. The molecule has 0 spiro atoms. The monoisotopic (exact) mass is 441 g/mol. The molecule has 0 saturated heterocycles. The number of fused-ring (bicyclic) bond motifs is 1. The van der Waals surface area contributed by atoms with Gasteiger partial charge in [0.15, 0.2) is 17.3 Å². The van der Waals surface area contributed by atoms with Crippen molar-refractivity contribution in [1.82, 2.24) is 14.6 Å². The van der Waals surface area contributed by atoms with Crippen molar-refractivity contribution in [3.05, 3.63) is 67.9 Å². The fourth-order valence-electron chi connectivity index (χ4n) is 2.86. The largest absolute Gasteiger partial charge is 0.493 e. The lowest BCUT2D eigenvalue weighted by Gasteiger charge is -2.12. The van der Waals surface area contributed by atoms with Crippen molar-refractivity contribution in [2.45, 2.75) is 13.8 Å². The van der Waals surface area contributed by atoms with Gasteiger partial charge in [0.2, 0.25) is 4.96 Å². The highest BCUT2D eigenvalue weighted by molar-refractivity contribution is 7.15. The minimum Gasteiger partial charge on any atom is -0.493 e. The molecule has 4 rings (SSSR count). The van der Waals surface area contributed by atoms with E-state index in [1.165, 1.54) is 15.9 Å². The Bertz CT molecular complexity index is 1300. The van der Waals surface area contributed by atoms with E-state index in [-0.39, 0.29) is 5.56 Å². The van der Waals surface area contributed by atoms with Gasteiger partial charge >= 0.3 is 0 Å². The molecule has 0 aliphatic rings. The zero-order valence-electron chi connectivity index (χ0n) is 16.8. The molecule has 30 heavy (non-hydrogen) atoms. The molecule has 0 atom stereocenters. The van der Waals surface area contributed by atoms with Crippen molar-refractivity contribution in [2.24, 2.45) is 5.92 Å². The van der Waals surface area contributed by atoms with Gasteiger partial charge in [0.1, 0.15) is 0 Å². The molecule has 2 heterocycles. The van der Waals surface area contributed by atoms with Crippen molar-refractivity contribution in [1.29, 1.82) is 0 Å². The Kier molecular flexibility index (Phi) is 5.74. The van der Waals surface area contributed by atoms with Crippen LogP contribution in [0.25, 0.3) is 22.4 Å². The van der Waals surface area contributed by atoms with Gasteiger partial charge < -0.3 is 9.47 Å². The minimum absolute atomic E-state index is 0.207. The average molecular weight is 442 g/mol. The summed E-state index contributed by atoms with van der Waals surface area (Å²) in [5.74, 6) is 2.22. The first-order chi connectivity index (χ1) is 14.4. The molecule has 0 N–H and O–H groups in total. The van der Waals surface area contributed by atoms with Crippen LogP contribution >= 0.6 is 22.9 Å². The van der Waals surface area contributed by atoms with Crippen LogP contribution in [0.4, 0.5) is 0 Å². The quantitative estimate of drug-likeness (QED) is 0.451. The van der Waals surface area contributed by atoms with Crippen molar-refractivity contribution in [3.63, 3.8) is 0 Å². The van der Waals surface area contributed by atoms with Crippen molar-refractivity contribution >= 4 is 34.0 Å². The fraction of sp³-hybridized carbons (Fsp3) is 0.227. The van der Waals surface area contributed by atoms with Gasteiger partial charge in [-0.3, -0.25) is 4.79 Å². The maximum absolute atomic E-state index is 12.8. The third-order valence-corrected chi connectivity index (χ3v) is 5.55. The van der Waals surface area contributed by atoms with Gasteiger partial charge in [0.05, 0.1) is 18.2 Å². The predicted molar refractivity (Wildman–Crippen MR) is 120 cm³/mol. The maximum atomic E-state index is 12.8. The van der Waals surface area contributed by atoms with E-state index in [2.05, 4.69) is 23.9 Å². The second-order valence-corrected chi connectivity index (χ2v) is 8.61. The lowest BCUT2D eigenvalue weighted by Crippen LogP contribution is -2.23. The van der Waals surface area contributed by atoms with Crippen LogP contribution in [0.15, 0.2) is 47.3 Å². The third-order valence-electron chi connectivity index (χ3n) is 4.34. The lowest BCUT2D eigenvalue weighted by atomic mass is 10.2. The fourth-order valence-corrected chi connectivity index (χ4v) is 3.89. The van der Waals surface area contributed by atoms with Crippen LogP contribution in [0.2, 0.25) is 5.02 Å². The summed E-state index contributed by atoms with van der Waals surface area (Å²) >= 11 is 7.22. The molecule has 0 aliphatic heterocycles. The summed E-state index contributed by atoms with van der Waals surface area (Å²) < 4.78 is 13.1. The normalized spacial score (nSPS) is 12.1. The number of nitrogens with zero attached hydrogens (tertiary/aromatic N) is 3. The molecular formula is C22H20ClN3O3S. The summed E-state index contributed by atoms with van der Waals surface area (Å²) in [5, 5.41) is 5.00. The third kappa shape index (κ3) is 4.17. The van der Waals surface area contributed by atoms with Crippen molar-refractivity contribution in [2.75, 3.05) is 13.7 Å². The number of halogens is 1. The molecule has 4 aromatic rings. The Morgan fingerprint density at radius 3 is 2.60 bits per heavy atom. The van der Waals surface area contributed by atoms with E-state index in [0.29, 0.717) is 44.4 Å². The van der Waals surface area contributed by atoms with Gasteiger partial charge in [-0.2, -0.15) is 9.50 Å². The van der Waals surface area contributed by atoms with E-state index in [0.717, 1.165) is 11.1 Å². The summed E-state index contributed by atoms with van der Waals surface area (Å²) in [4.78, 5) is 17.8. The molecule has 0 bridgehead atoms. The van der Waals surface area contributed by atoms with Crippen LogP contribution < -0.4 is 19.6 Å². The number of aromatic nitrogens is 3. The standard InChI is InChI=1S/C22H20ClN3O3S/c1-13(2)12-29-17-9-4-14(10-18(17)28-3)11-19-21(27)26-22(30-19)24-20(25-26)15-5-7-16(23)8-6-15/h4-11,13H,12H2,1-3H3/b19-11+. The molecule has 0 saturated carbocycles. The Morgan fingerprint density at radius 1 is 1.17 bits per heavy atom. The highest BCUT2D eigenvalue weighted by atomic mass is 35.5. The van der Waals surface area contributed by atoms with Gasteiger partial charge in [-0.25, -0.2) is 0 Å². The van der Waals surface area contributed by atoms with Crippen molar-refractivity contribution in [3.8, 4) is 22.9 Å². The van der Waals surface area contributed by atoms with Gasteiger partial charge in [0.25, 0.3) is 5.56 Å². The minimum atomic E-state index is -0.207. The SMILES string of the molecule is COc1cc(/C=c2/sc3nc(-c4ccc(Cl)cc4)nn3c2=O)ccc1OCC(C)C. The van der Waals surface area contributed by atoms with E-state index >= 15 is 0 Å². The molecule has 8 heteroatoms. The number of thiazole rings is 1. The summed E-state index contributed by atoms with van der Waals surface area (Å²) in [7, 11) is 1.60. The van der Waals surface area contributed by atoms with Gasteiger partial charge in [-0.1, -0.05) is 42.9 Å². The molecule has 154 valence electrons. The topological polar surface area (TPSA) is 65.7 Å². The first-order valence-corrected chi connectivity index (χ1v) is 10.6. The molecule has 0 amide bonds. The molecule has 0 aliphatic carbocycles. The maximum Gasteiger partial charge on any atom is 0.291 e. The Balaban J connectivity index is 1.67. The summed E-state index contributed by atoms with van der Waals surface area (Å²) in [5.41, 5.74) is 1.44. The number of hydrogen-bond acceptors (Lipinski definition) is 6. The second-order valence-electron chi connectivity index (χ2n) is 7.17. The van der Waals surface area contributed by atoms with Crippen LogP contribution in [0, 0.1) is 5.92 Å². The zero-order chi connectivity index (χ0) is 21.3. The molecule has 0 fully saturated rings. The summed E-state index contributed by atoms with van der Waals surface area (Å²) in [6.45, 7) is 4.78. The Morgan fingerprint density at radius 2 is 1.93 bits per heavy atom. The van der Waals surface area contributed by atoms with Crippen LogP contribution in [-0.4, -0.2) is 28.3 Å². The van der Waals surface area contributed by atoms with E-state index in [1.807, 2.05) is 30.3 Å². The van der Waals surface area contributed by atoms with E-state index in [9.17, 15) is 4.79 Å². The lowest BCUT2D eigenvalue weighted by molar-refractivity contribution is 0.257. The number of rotatable bonds is 6. The van der Waals surface area contributed by atoms with Crippen LogP contribution in [0.5, 0.6) is 11.5 Å². The second kappa shape index (κ2) is 8.45. The highest BCUT2D eigenvalue weighted by Crippen LogP contribution is 2.28. The molecule has 6 nitrogen and oxygen atoms in total. The van der Waals surface area contributed by atoms with Gasteiger partial charge in [-0.15, -0.1) is 5.10 Å². The van der Waals surface area contributed by atoms with Gasteiger partial charge in [0, 0.05) is 10.6 Å². The predicted octanol–water partition coefficient (Wildman–Crippen LogP) is 4.06. The number of hydrogen-bond donors (Lipinski definition) is 0. The average Bonchev–Trinajstić information content (AvgIpc) is 3.27. The highest BCUT2D eigenvalue weighted by Gasteiger charge is 2.12. The van der Waals surface area contributed by atoms with E-state index in [1.54, 1.807) is 25.3 Å². The number of ether oxygens (including phenoxy) is 2. The van der Waals surface area contributed by atoms with Crippen LogP contribution in [0.1, 0.15) is 19.4 Å². The first-order valence-electron chi connectivity index (χ1n) is 9.42. The number of benzene rings is 2. The molecular weight excluding hydrogens is 422 g/mol. The zero-order valence-corrected chi connectivity index (χ0v) is 18.3. The molecule has 2 aromatic carbocycles. The van der Waals surface area contributed by atoms with E-state index in [4.69, 9.17) is 21.1 Å². The first kappa shape index (κ1) is 20.4. The van der Waals surface area contributed by atoms with E-state index < -0.39 is 0 Å². The molecule has 0 radical (unpaired) electrons. The van der Waals surface area contributed by atoms with Gasteiger partial charge in [-0.05, 0) is 54.0 Å². The summed E-state index contributed by atoms with van der Waals surface area (Å²) in [6.07, 6.45) is 1.81. The smallest absolute Gasteiger partial charge is 0.291 e. The molecule has 0 unspecified atom stereocenters. The van der Waals surface area contributed by atoms with Crippen LogP contribution in [-0.2, 0) is 0 Å². The number of methoxy groups -OCH3 is 1. The molecule has 2 aromatic heterocycles.